The monoisotopic (exact) mass is 471 g/mol. The summed E-state index contributed by atoms with van der Waals surface area (Å²) in [5, 5.41) is 9.77. The summed E-state index contributed by atoms with van der Waals surface area (Å²) in [6, 6.07) is 8.68. The Morgan fingerprint density at radius 3 is 2.20 bits per heavy atom. The van der Waals surface area contributed by atoms with Crippen LogP contribution in [0.25, 0.3) is 0 Å². The van der Waals surface area contributed by atoms with Gasteiger partial charge in [0.1, 0.15) is 6.54 Å². The highest BCUT2D eigenvalue weighted by Gasteiger charge is 2.38. The minimum absolute atomic E-state index is 0.198. The van der Waals surface area contributed by atoms with E-state index in [4.69, 9.17) is 21.5 Å². The Hall–Kier alpha value is -2.93. The van der Waals surface area contributed by atoms with Crippen LogP contribution in [0.3, 0.4) is 0 Å². The van der Waals surface area contributed by atoms with E-state index in [1.54, 1.807) is 12.1 Å². The van der Waals surface area contributed by atoms with Gasteiger partial charge in [-0.3, -0.25) is 9.10 Å². The van der Waals surface area contributed by atoms with E-state index in [-0.39, 0.29) is 16.4 Å². The van der Waals surface area contributed by atoms with Crippen LogP contribution in [0, 0.1) is 5.95 Å². The van der Waals surface area contributed by atoms with Crippen LogP contribution in [0.4, 0.5) is 28.9 Å². The Kier molecular flexibility index (Phi) is 8.54. The molecule has 1 aromatic carbocycles. The normalized spacial score (nSPS) is 11.1. The van der Waals surface area contributed by atoms with Crippen LogP contribution in [0.1, 0.15) is 0 Å². The Morgan fingerprint density at radius 1 is 1.20 bits per heavy atom. The molecule has 0 saturated heterocycles. The number of amides is 1. The first-order valence-electron chi connectivity index (χ1n) is 7.65. The van der Waals surface area contributed by atoms with E-state index in [0.29, 0.717) is 0 Å². The number of nitrogens with zero attached hydrogens (tertiary/aromatic N) is 2. The van der Waals surface area contributed by atoms with Gasteiger partial charge in [0.25, 0.3) is 0 Å². The lowest BCUT2D eigenvalue weighted by Crippen LogP contribution is -2.37. The van der Waals surface area contributed by atoms with Gasteiger partial charge in [0, 0.05) is 0 Å². The highest BCUT2D eigenvalue weighted by molar-refractivity contribution is 7.92. The molecule has 30 heavy (non-hydrogen) atoms. The smallest absolute Gasteiger partial charge is 0.475 e. The third-order valence-corrected chi connectivity index (χ3v) is 4.51. The van der Waals surface area contributed by atoms with Gasteiger partial charge in [-0.05, 0) is 24.3 Å². The Bertz CT molecular complexity index is 1000. The molecule has 2 rings (SSSR count). The number of rotatable bonds is 5. The maximum atomic E-state index is 12.7. The van der Waals surface area contributed by atoms with Crippen molar-refractivity contribution in [3.63, 3.8) is 0 Å². The molecule has 0 atom stereocenters. The molecule has 14 heteroatoms. The summed E-state index contributed by atoms with van der Waals surface area (Å²) in [5.74, 6) is -4.05. The molecule has 0 saturated carbocycles. The van der Waals surface area contributed by atoms with E-state index >= 15 is 0 Å². The van der Waals surface area contributed by atoms with Crippen LogP contribution in [-0.2, 0) is 19.6 Å². The average Bonchev–Trinajstić information content (AvgIpc) is 2.61. The minimum Gasteiger partial charge on any atom is -0.475 e. The van der Waals surface area contributed by atoms with Crippen LogP contribution < -0.4 is 9.62 Å². The van der Waals surface area contributed by atoms with Crippen molar-refractivity contribution in [2.24, 2.45) is 0 Å². The molecule has 1 amide bonds. The summed E-state index contributed by atoms with van der Waals surface area (Å²) in [4.78, 5) is 24.4. The van der Waals surface area contributed by atoms with Gasteiger partial charge >= 0.3 is 12.1 Å². The fourth-order valence-corrected chi connectivity index (χ4v) is 2.97. The number of carbonyl (C=O) groups is 2. The molecular weight excluding hydrogens is 458 g/mol. The highest BCUT2D eigenvalue weighted by atomic mass is 35.5. The number of anilines is 2. The lowest BCUT2D eigenvalue weighted by atomic mass is 10.3. The van der Waals surface area contributed by atoms with Crippen molar-refractivity contribution in [3.05, 3.63) is 53.6 Å². The number of benzene rings is 1. The predicted octanol–water partition coefficient (Wildman–Crippen LogP) is 2.91. The third kappa shape index (κ3) is 8.21. The standard InChI is InChI=1S/C14H13ClFN3O3S.C2HF3O2/c1-23(21,22)19(12-5-3-2-4-11(12)15)9-14(20)18-10-6-7-13(16)17-8-10;3-2(4,5)1(6)7/h2-8H,9H2,1H3,(H,18,20);(H,6,7). The van der Waals surface area contributed by atoms with Crippen molar-refractivity contribution in [1.82, 2.24) is 4.98 Å². The van der Waals surface area contributed by atoms with Crippen LogP contribution in [-0.4, -0.2) is 49.4 Å². The fourth-order valence-electron chi connectivity index (χ4n) is 1.82. The van der Waals surface area contributed by atoms with Crippen LogP contribution in [0.2, 0.25) is 5.02 Å². The van der Waals surface area contributed by atoms with Crippen molar-refractivity contribution in [3.8, 4) is 0 Å². The molecule has 164 valence electrons. The zero-order chi connectivity index (χ0) is 23.1. The molecule has 2 N–H and O–H groups in total. The van der Waals surface area contributed by atoms with Crippen molar-refractivity contribution in [2.45, 2.75) is 6.18 Å². The number of carbonyl (C=O) groups excluding carboxylic acids is 1. The van der Waals surface area contributed by atoms with Crippen LogP contribution >= 0.6 is 11.6 Å². The second-order valence-corrected chi connectivity index (χ2v) is 7.76. The second kappa shape index (κ2) is 10.2. The molecule has 0 aliphatic heterocycles. The number of aromatic nitrogens is 1. The summed E-state index contributed by atoms with van der Waals surface area (Å²) in [7, 11) is -3.72. The average molecular weight is 472 g/mol. The predicted molar refractivity (Wildman–Crippen MR) is 100 cm³/mol. The fraction of sp³-hybridized carbons (Fsp3) is 0.188. The van der Waals surface area contributed by atoms with Gasteiger partial charge in [0.15, 0.2) is 0 Å². The minimum atomic E-state index is -5.08. The summed E-state index contributed by atoms with van der Waals surface area (Å²) in [6.07, 6.45) is -2.98. The molecule has 8 nitrogen and oxygen atoms in total. The number of alkyl halides is 3. The summed E-state index contributed by atoms with van der Waals surface area (Å²) in [5.41, 5.74) is 0.452. The Balaban J connectivity index is 0.000000553. The molecule has 0 bridgehead atoms. The van der Waals surface area contributed by atoms with Gasteiger partial charge in [-0.2, -0.15) is 17.6 Å². The number of aliphatic carboxylic acids is 1. The van der Waals surface area contributed by atoms with E-state index in [9.17, 15) is 30.8 Å². The summed E-state index contributed by atoms with van der Waals surface area (Å²) < 4.78 is 69.2. The number of sulfonamides is 1. The van der Waals surface area contributed by atoms with E-state index < -0.39 is 40.6 Å². The molecular formula is C16H14ClF4N3O5S. The van der Waals surface area contributed by atoms with Gasteiger partial charge in [-0.25, -0.2) is 18.2 Å². The zero-order valence-electron chi connectivity index (χ0n) is 15.0. The molecule has 1 aromatic heterocycles. The lowest BCUT2D eigenvalue weighted by molar-refractivity contribution is -0.192. The highest BCUT2D eigenvalue weighted by Crippen LogP contribution is 2.27. The topological polar surface area (TPSA) is 117 Å². The number of hydrogen-bond donors (Lipinski definition) is 2. The van der Waals surface area contributed by atoms with Crippen molar-refractivity contribution in [2.75, 3.05) is 22.4 Å². The summed E-state index contributed by atoms with van der Waals surface area (Å²) >= 11 is 6.00. The number of hydrogen-bond acceptors (Lipinski definition) is 5. The van der Waals surface area contributed by atoms with Gasteiger partial charge in [-0.15, -0.1) is 0 Å². The van der Waals surface area contributed by atoms with E-state index in [0.717, 1.165) is 22.8 Å². The first kappa shape index (κ1) is 25.1. The zero-order valence-corrected chi connectivity index (χ0v) is 16.6. The molecule has 0 aliphatic rings. The second-order valence-electron chi connectivity index (χ2n) is 5.44. The molecule has 1 heterocycles. The number of pyridine rings is 1. The summed E-state index contributed by atoms with van der Waals surface area (Å²) in [6.45, 7) is -0.472. The Morgan fingerprint density at radius 2 is 1.77 bits per heavy atom. The molecule has 0 fully saturated rings. The quantitative estimate of drug-likeness (QED) is 0.511. The van der Waals surface area contributed by atoms with Crippen molar-refractivity contribution < 1.29 is 40.7 Å². The van der Waals surface area contributed by atoms with Crippen LogP contribution in [0.15, 0.2) is 42.6 Å². The molecule has 0 aliphatic carbocycles. The number of para-hydroxylation sites is 1. The molecule has 2 aromatic rings. The van der Waals surface area contributed by atoms with Crippen LogP contribution in [0.5, 0.6) is 0 Å². The largest absolute Gasteiger partial charge is 0.490 e. The van der Waals surface area contributed by atoms with Crippen molar-refractivity contribution in [1.29, 1.82) is 0 Å². The number of halogens is 5. The van der Waals surface area contributed by atoms with Crippen molar-refractivity contribution >= 4 is 44.9 Å². The number of carboxylic acids is 1. The van der Waals surface area contributed by atoms with Gasteiger partial charge in [0.05, 0.1) is 28.9 Å². The van der Waals surface area contributed by atoms with E-state index in [1.807, 2.05) is 0 Å². The first-order valence-corrected chi connectivity index (χ1v) is 9.88. The van der Waals surface area contributed by atoms with E-state index in [1.165, 1.54) is 18.2 Å². The molecule has 0 radical (unpaired) electrons. The third-order valence-electron chi connectivity index (χ3n) is 3.06. The maximum Gasteiger partial charge on any atom is 0.490 e. The molecule has 0 unspecified atom stereocenters. The number of carboxylic acid groups (broad SMARTS) is 1. The van der Waals surface area contributed by atoms with Gasteiger partial charge < -0.3 is 10.4 Å². The maximum absolute atomic E-state index is 12.7. The number of nitrogens with one attached hydrogen (secondary N) is 1. The first-order chi connectivity index (χ1) is 13.7. The van der Waals surface area contributed by atoms with Gasteiger partial charge in [0.2, 0.25) is 21.9 Å². The Labute approximate surface area is 173 Å². The van der Waals surface area contributed by atoms with E-state index in [2.05, 4.69) is 10.3 Å². The van der Waals surface area contributed by atoms with Gasteiger partial charge in [-0.1, -0.05) is 23.7 Å². The molecule has 0 spiro atoms. The SMILES string of the molecule is CS(=O)(=O)N(CC(=O)Nc1ccc(F)nc1)c1ccccc1Cl.O=C(O)C(F)(F)F. The lowest BCUT2D eigenvalue weighted by Gasteiger charge is -2.22.